The lowest BCUT2D eigenvalue weighted by Gasteiger charge is -2.29. The molecule has 1 N–H and O–H groups in total. The van der Waals surface area contributed by atoms with Crippen LogP contribution in [0.5, 0.6) is 11.5 Å². The first-order chi connectivity index (χ1) is 18.7. The Morgan fingerprint density at radius 3 is 2.54 bits per heavy atom. The Kier molecular flexibility index (Phi) is 9.01. The number of benzene rings is 3. The summed E-state index contributed by atoms with van der Waals surface area (Å²) in [6.07, 6.45) is 3.57. The molecule has 4 rings (SSSR count). The van der Waals surface area contributed by atoms with Crippen molar-refractivity contribution in [2.24, 2.45) is 0 Å². The Balaban J connectivity index is 1.73. The molecule has 3 aromatic carbocycles. The molecule has 39 heavy (non-hydrogen) atoms. The van der Waals surface area contributed by atoms with E-state index in [1.807, 2.05) is 6.92 Å². The first-order valence-electron chi connectivity index (χ1n) is 11.9. The second-order valence-electron chi connectivity index (χ2n) is 8.38. The minimum absolute atomic E-state index is 0.113. The van der Waals surface area contributed by atoms with Gasteiger partial charge in [0.1, 0.15) is 18.0 Å². The number of nitrogens with zero attached hydrogens (tertiary/aromatic N) is 1. The summed E-state index contributed by atoms with van der Waals surface area (Å²) in [6.45, 7) is 6.17. The second kappa shape index (κ2) is 12.4. The van der Waals surface area contributed by atoms with Gasteiger partial charge >= 0.3 is 0 Å². The van der Waals surface area contributed by atoms with Crippen LogP contribution in [-0.4, -0.2) is 23.5 Å². The largest absolute Gasteiger partial charge is 0.490 e. The van der Waals surface area contributed by atoms with Crippen molar-refractivity contribution in [3.05, 3.63) is 105 Å². The van der Waals surface area contributed by atoms with Gasteiger partial charge in [-0.3, -0.25) is 19.8 Å². The number of thiocarbonyl (C=S) groups is 1. The molecule has 0 aromatic heterocycles. The molecule has 200 valence electrons. The quantitative estimate of drug-likeness (QED) is 0.132. The van der Waals surface area contributed by atoms with Gasteiger partial charge in [-0.1, -0.05) is 47.5 Å². The highest BCUT2D eigenvalue weighted by molar-refractivity contribution is 7.80. The molecule has 1 heterocycles. The molecule has 6 nitrogen and oxygen atoms in total. The molecule has 0 radical (unpaired) electrons. The van der Waals surface area contributed by atoms with E-state index in [4.69, 9.17) is 44.9 Å². The van der Waals surface area contributed by atoms with Crippen molar-refractivity contribution < 1.29 is 23.5 Å². The highest BCUT2D eigenvalue weighted by Crippen LogP contribution is 2.37. The van der Waals surface area contributed by atoms with Crippen LogP contribution in [0.1, 0.15) is 23.6 Å². The van der Waals surface area contributed by atoms with Crippen molar-refractivity contribution in [2.45, 2.75) is 20.0 Å². The van der Waals surface area contributed by atoms with E-state index >= 15 is 0 Å². The highest BCUT2D eigenvalue weighted by Gasteiger charge is 2.35. The van der Waals surface area contributed by atoms with E-state index in [1.54, 1.807) is 48.5 Å². The van der Waals surface area contributed by atoms with E-state index in [1.165, 1.54) is 18.2 Å². The van der Waals surface area contributed by atoms with Gasteiger partial charge in [0.15, 0.2) is 16.6 Å². The summed E-state index contributed by atoms with van der Waals surface area (Å²) in [5.41, 5.74) is 2.10. The van der Waals surface area contributed by atoms with Crippen LogP contribution in [0.3, 0.4) is 0 Å². The van der Waals surface area contributed by atoms with Crippen molar-refractivity contribution in [3.63, 3.8) is 0 Å². The summed E-state index contributed by atoms with van der Waals surface area (Å²) in [5.74, 6) is -0.750. The third kappa shape index (κ3) is 6.30. The Labute approximate surface area is 240 Å². The number of allylic oxidation sites excluding steroid dienone is 1. The maximum Gasteiger partial charge on any atom is 0.270 e. The SMILES string of the molecule is C=CCc1cc(/C=C2\C(=O)NC(=S)N(c3cccc(Cl)c3Cl)C2=O)cc(OCC)c1OCc1ccc(F)cc1. The van der Waals surface area contributed by atoms with Gasteiger partial charge in [-0.15, -0.1) is 6.58 Å². The fraction of sp³-hybridized carbons (Fsp3) is 0.138. The van der Waals surface area contributed by atoms with Gasteiger partial charge < -0.3 is 9.47 Å². The number of rotatable bonds is 9. The molecule has 0 atom stereocenters. The molecule has 0 aliphatic carbocycles. The van der Waals surface area contributed by atoms with Gasteiger partial charge in [0.05, 0.1) is 22.3 Å². The van der Waals surface area contributed by atoms with E-state index in [9.17, 15) is 14.0 Å². The lowest BCUT2D eigenvalue weighted by Crippen LogP contribution is -2.54. The van der Waals surface area contributed by atoms with Gasteiger partial charge in [-0.2, -0.15) is 0 Å². The number of carbonyl (C=O) groups excluding carboxylic acids is 2. The molecule has 0 bridgehead atoms. The Morgan fingerprint density at radius 2 is 1.85 bits per heavy atom. The molecular formula is C29H23Cl2FN2O4S. The maximum absolute atomic E-state index is 13.5. The molecule has 1 saturated heterocycles. The molecule has 0 spiro atoms. The van der Waals surface area contributed by atoms with E-state index in [0.29, 0.717) is 30.1 Å². The van der Waals surface area contributed by atoms with Crippen LogP contribution in [0.4, 0.5) is 10.1 Å². The summed E-state index contributed by atoms with van der Waals surface area (Å²) in [5, 5.41) is 2.78. The molecular weight excluding hydrogens is 562 g/mol. The summed E-state index contributed by atoms with van der Waals surface area (Å²) < 4.78 is 25.2. The van der Waals surface area contributed by atoms with E-state index < -0.39 is 11.8 Å². The lowest BCUT2D eigenvalue weighted by atomic mass is 10.0. The van der Waals surface area contributed by atoms with Crippen molar-refractivity contribution in [1.82, 2.24) is 5.32 Å². The monoisotopic (exact) mass is 584 g/mol. The van der Waals surface area contributed by atoms with Crippen LogP contribution in [0.15, 0.2) is 72.8 Å². The predicted molar refractivity (Wildman–Crippen MR) is 155 cm³/mol. The zero-order valence-electron chi connectivity index (χ0n) is 20.8. The maximum atomic E-state index is 13.5. The topological polar surface area (TPSA) is 67.9 Å². The fourth-order valence-corrected chi connectivity index (χ4v) is 4.60. The number of ether oxygens (including phenoxy) is 2. The first kappa shape index (κ1) is 28.3. The van der Waals surface area contributed by atoms with Crippen molar-refractivity contribution in [1.29, 1.82) is 0 Å². The number of nitrogens with one attached hydrogen (secondary N) is 1. The number of hydrogen-bond donors (Lipinski definition) is 1. The number of carbonyl (C=O) groups is 2. The van der Waals surface area contributed by atoms with Crippen molar-refractivity contribution >= 4 is 64.1 Å². The standard InChI is InChI=1S/C29H23Cl2FN2O4S/c1-3-6-19-13-18(15-24(37-4-2)26(19)38-16-17-9-11-20(32)12-10-17)14-21-27(35)33-29(39)34(28(21)36)23-8-5-7-22(30)25(23)31/h3,5,7-15H,1,4,6,16H2,2H3,(H,33,35,39)/b21-14+. The van der Waals surface area contributed by atoms with Crippen molar-refractivity contribution in [3.8, 4) is 11.5 Å². The van der Waals surface area contributed by atoms with Gasteiger partial charge in [-0.25, -0.2) is 4.39 Å². The van der Waals surface area contributed by atoms with Crippen LogP contribution in [0.25, 0.3) is 6.08 Å². The number of halogens is 3. The molecule has 0 unspecified atom stereocenters. The normalized spacial score (nSPS) is 14.4. The van der Waals surface area contributed by atoms with Gasteiger partial charge in [0.25, 0.3) is 11.8 Å². The summed E-state index contributed by atoms with van der Waals surface area (Å²) in [6, 6.07) is 14.2. The van der Waals surface area contributed by atoms with Crippen LogP contribution in [0, 0.1) is 5.82 Å². The number of amides is 2. The third-order valence-corrected chi connectivity index (χ3v) is 6.79. The van der Waals surface area contributed by atoms with Gasteiger partial charge in [0, 0.05) is 5.56 Å². The van der Waals surface area contributed by atoms with Crippen molar-refractivity contribution in [2.75, 3.05) is 11.5 Å². The summed E-state index contributed by atoms with van der Waals surface area (Å²) in [7, 11) is 0. The Morgan fingerprint density at radius 1 is 1.10 bits per heavy atom. The zero-order valence-corrected chi connectivity index (χ0v) is 23.1. The van der Waals surface area contributed by atoms with Crippen LogP contribution < -0.4 is 19.7 Å². The Bertz CT molecular complexity index is 1490. The highest BCUT2D eigenvalue weighted by atomic mass is 35.5. The van der Waals surface area contributed by atoms with Crippen LogP contribution >= 0.6 is 35.4 Å². The summed E-state index contributed by atoms with van der Waals surface area (Å²) in [4.78, 5) is 27.5. The van der Waals surface area contributed by atoms with E-state index in [-0.39, 0.29) is 38.8 Å². The third-order valence-electron chi connectivity index (χ3n) is 5.70. The molecule has 10 heteroatoms. The molecule has 0 saturated carbocycles. The lowest BCUT2D eigenvalue weighted by molar-refractivity contribution is -0.122. The van der Waals surface area contributed by atoms with Crippen LogP contribution in [0.2, 0.25) is 10.0 Å². The molecule has 2 amide bonds. The van der Waals surface area contributed by atoms with E-state index in [0.717, 1.165) is 16.0 Å². The first-order valence-corrected chi connectivity index (χ1v) is 13.0. The second-order valence-corrected chi connectivity index (χ2v) is 9.55. The number of hydrogen-bond acceptors (Lipinski definition) is 5. The van der Waals surface area contributed by atoms with Gasteiger partial charge in [0.2, 0.25) is 0 Å². The zero-order chi connectivity index (χ0) is 28.1. The minimum atomic E-state index is -0.659. The number of anilines is 1. The smallest absolute Gasteiger partial charge is 0.270 e. The fourth-order valence-electron chi connectivity index (χ4n) is 3.94. The van der Waals surface area contributed by atoms with Crippen LogP contribution in [-0.2, 0) is 22.6 Å². The molecule has 1 aliphatic rings. The average molecular weight is 585 g/mol. The molecule has 3 aromatic rings. The van der Waals surface area contributed by atoms with E-state index in [2.05, 4.69) is 11.9 Å². The summed E-state index contributed by atoms with van der Waals surface area (Å²) >= 11 is 17.7. The molecule has 1 aliphatic heterocycles. The molecule has 1 fully saturated rings. The van der Waals surface area contributed by atoms with Gasteiger partial charge in [-0.05, 0) is 79.2 Å². The predicted octanol–water partition coefficient (Wildman–Crippen LogP) is 6.67. The average Bonchev–Trinajstić information content (AvgIpc) is 2.90. The minimum Gasteiger partial charge on any atom is -0.490 e. The Hall–Kier alpha value is -3.72.